The minimum absolute atomic E-state index is 0.420. The lowest BCUT2D eigenvalue weighted by Gasteiger charge is -2.07. The Balaban J connectivity index is 1.52. The predicted octanol–water partition coefficient (Wildman–Crippen LogP) is 4.42. The van der Waals surface area contributed by atoms with Crippen LogP contribution in [0.4, 0.5) is 0 Å². The van der Waals surface area contributed by atoms with Crippen LogP contribution in [0.25, 0.3) is 0 Å². The third-order valence-corrected chi connectivity index (χ3v) is 4.31. The zero-order valence-corrected chi connectivity index (χ0v) is 13.6. The van der Waals surface area contributed by atoms with Crippen LogP contribution in [0, 0.1) is 0 Å². The molecule has 2 aromatic rings. The SMILES string of the molecule is NC(=O)c1cccc(OCCCCCCCc2ccsc2)c1. The van der Waals surface area contributed by atoms with E-state index in [0.717, 1.165) is 6.42 Å². The zero-order valence-electron chi connectivity index (χ0n) is 12.8. The monoisotopic (exact) mass is 317 g/mol. The topological polar surface area (TPSA) is 52.3 Å². The van der Waals surface area contributed by atoms with Gasteiger partial charge in [0.05, 0.1) is 6.61 Å². The Morgan fingerprint density at radius 1 is 1.09 bits per heavy atom. The molecule has 2 N–H and O–H groups in total. The fraction of sp³-hybridized carbons (Fsp3) is 0.389. The molecular formula is C18H23NO2S. The molecule has 2 rings (SSSR count). The van der Waals surface area contributed by atoms with Crippen molar-refractivity contribution in [1.29, 1.82) is 0 Å². The first-order valence-electron chi connectivity index (χ1n) is 7.79. The molecule has 0 atom stereocenters. The average Bonchev–Trinajstić information content (AvgIpc) is 3.03. The Morgan fingerprint density at radius 2 is 1.91 bits per heavy atom. The van der Waals surface area contributed by atoms with Crippen molar-refractivity contribution >= 4 is 17.2 Å². The van der Waals surface area contributed by atoms with Gasteiger partial charge >= 0.3 is 0 Å². The van der Waals surface area contributed by atoms with Crippen LogP contribution >= 0.6 is 11.3 Å². The normalized spacial score (nSPS) is 10.5. The molecule has 1 aromatic carbocycles. The molecule has 4 heteroatoms. The molecule has 0 aliphatic rings. The first-order valence-corrected chi connectivity index (χ1v) is 8.74. The van der Waals surface area contributed by atoms with E-state index < -0.39 is 5.91 Å². The van der Waals surface area contributed by atoms with Crippen LogP contribution in [0.5, 0.6) is 5.75 Å². The number of primary amides is 1. The highest BCUT2D eigenvalue weighted by Gasteiger charge is 2.01. The van der Waals surface area contributed by atoms with Gasteiger partial charge in [0.15, 0.2) is 0 Å². The van der Waals surface area contributed by atoms with Crippen LogP contribution in [-0.2, 0) is 6.42 Å². The molecule has 3 nitrogen and oxygen atoms in total. The molecular weight excluding hydrogens is 294 g/mol. The van der Waals surface area contributed by atoms with Crippen molar-refractivity contribution in [1.82, 2.24) is 0 Å². The lowest BCUT2D eigenvalue weighted by Crippen LogP contribution is -2.10. The van der Waals surface area contributed by atoms with Gasteiger partial charge in [0, 0.05) is 5.56 Å². The summed E-state index contributed by atoms with van der Waals surface area (Å²) in [6.07, 6.45) is 7.19. The lowest BCUT2D eigenvalue weighted by atomic mass is 10.1. The van der Waals surface area contributed by atoms with Crippen LogP contribution < -0.4 is 10.5 Å². The van der Waals surface area contributed by atoms with Gasteiger partial charge in [-0.2, -0.15) is 11.3 Å². The second-order valence-electron chi connectivity index (χ2n) is 5.39. The van der Waals surface area contributed by atoms with Gasteiger partial charge in [0.25, 0.3) is 0 Å². The number of nitrogens with two attached hydrogens (primary N) is 1. The van der Waals surface area contributed by atoms with Gasteiger partial charge in [-0.1, -0.05) is 25.3 Å². The molecule has 1 heterocycles. The molecule has 0 spiro atoms. The second kappa shape index (κ2) is 9.26. The third-order valence-electron chi connectivity index (χ3n) is 3.58. The van der Waals surface area contributed by atoms with Gasteiger partial charge in [0.1, 0.15) is 5.75 Å². The van der Waals surface area contributed by atoms with Crippen LogP contribution in [0.2, 0.25) is 0 Å². The number of carbonyl (C=O) groups excluding carboxylic acids is 1. The Labute approximate surface area is 136 Å². The van der Waals surface area contributed by atoms with E-state index in [1.807, 2.05) is 6.07 Å². The molecule has 0 saturated heterocycles. The number of rotatable bonds is 10. The Bertz CT molecular complexity index is 566. The van der Waals surface area contributed by atoms with Gasteiger partial charge in [-0.25, -0.2) is 0 Å². The number of amides is 1. The van der Waals surface area contributed by atoms with Gasteiger partial charge in [-0.05, 0) is 59.9 Å². The summed E-state index contributed by atoms with van der Waals surface area (Å²) < 4.78 is 5.66. The summed E-state index contributed by atoms with van der Waals surface area (Å²) in [7, 11) is 0. The van der Waals surface area contributed by atoms with Gasteiger partial charge in [0.2, 0.25) is 5.91 Å². The summed E-state index contributed by atoms with van der Waals surface area (Å²) >= 11 is 1.77. The van der Waals surface area contributed by atoms with Crippen LogP contribution in [0.1, 0.15) is 48.0 Å². The second-order valence-corrected chi connectivity index (χ2v) is 6.17. The fourth-order valence-electron chi connectivity index (χ4n) is 2.33. The largest absolute Gasteiger partial charge is 0.494 e. The Morgan fingerprint density at radius 3 is 2.68 bits per heavy atom. The van der Waals surface area contributed by atoms with E-state index in [1.54, 1.807) is 29.5 Å². The molecule has 0 aliphatic heterocycles. The highest BCUT2D eigenvalue weighted by Crippen LogP contribution is 2.14. The predicted molar refractivity (Wildman–Crippen MR) is 91.6 cm³/mol. The van der Waals surface area contributed by atoms with Crippen molar-refractivity contribution in [3.05, 3.63) is 52.2 Å². The van der Waals surface area contributed by atoms with Gasteiger partial charge < -0.3 is 10.5 Å². The lowest BCUT2D eigenvalue weighted by molar-refractivity contribution is 0.1000. The quantitative estimate of drug-likeness (QED) is 0.659. The van der Waals surface area contributed by atoms with Crippen molar-refractivity contribution in [3.63, 3.8) is 0 Å². The van der Waals surface area contributed by atoms with Crippen LogP contribution in [-0.4, -0.2) is 12.5 Å². The summed E-state index contributed by atoms with van der Waals surface area (Å²) in [5.74, 6) is 0.296. The molecule has 0 fully saturated rings. The first kappa shape index (κ1) is 16.6. The van der Waals surface area contributed by atoms with Crippen molar-refractivity contribution in [2.45, 2.75) is 38.5 Å². The van der Waals surface area contributed by atoms with E-state index in [9.17, 15) is 4.79 Å². The van der Waals surface area contributed by atoms with E-state index in [0.29, 0.717) is 17.9 Å². The van der Waals surface area contributed by atoms with E-state index in [1.165, 1.54) is 37.7 Å². The molecule has 0 unspecified atom stereocenters. The Hall–Kier alpha value is -1.81. The van der Waals surface area contributed by atoms with Crippen LogP contribution in [0.3, 0.4) is 0 Å². The van der Waals surface area contributed by atoms with Crippen molar-refractivity contribution < 1.29 is 9.53 Å². The number of benzene rings is 1. The minimum Gasteiger partial charge on any atom is -0.494 e. The molecule has 22 heavy (non-hydrogen) atoms. The Kier molecular flexibility index (Phi) is 6.97. The van der Waals surface area contributed by atoms with E-state index in [2.05, 4.69) is 16.8 Å². The third kappa shape index (κ3) is 5.90. The summed E-state index contributed by atoms with van der Waals surface area (Å²) in [5.41, 5.74) is 7.20. The first-order chi connectivity index (χ1) is 10.8. The highest BCUT2D eigenvalue weighted by atomic mass is 32.1. The van der Waals surface area contributed by atoms with Gasteiger partial charge in [-0.3, -0.25) is 4.79 Å². The zero-order chi connectivity index (χ0) is 15.6. The number of aryl methyl sites for hydroxylation is 1. The number of hydrogen-bond donors (Lipinski definition) is 1. The number of unbranched alkanes of at least 4 members (excludes halogenated alkanes) is 4. The maximum atomic E-state index is 11.1. The fourth-order valence-corrected chi connectivity index (χ4v) is 3.03. The number of thiophene rings is 1. The van der Waals surface area contributed by atoms with Crippen molar-refractivity contribution in [3.8, 4) is 5.75 Å². The molecule has 0 radical (unpaired) electrons. The van der Waals surface area contributed by atoms with Crippen molar-refractivity contribution in [2.75, 3.05) is 6.61 Å². The van der Waals surface area contributed by atoms with E-state index >= 15 is 0 Å². The minimum atomic E-state index is -0.420. The summed E-state index contributed by atoms with van der Waals surface area (Å²) in [6, 6.07) is 9.25. The molecule has 0 bridgehead atoms. The van der Waals surface area contributed by atoms with E-state index in [4.69, 9.17) is 10.5 Å². The standard InChI is InChI=1S/C18H23NO2S/c19-18(20)16-8-6-9-17(13-16)21-11-5-3-1-2-4-7-15-10-12-22-14-15/h6,8-10,12-14H,1-5,7,11H2,(H2,19,20). The number of carbonyl (C=O) groups is 1. The maximum Gasteiger partial charge on any atom is 0.248 e. The van der Waals surface area contributed by atoms with Gasteiger partial charge in [-0.15, -0.1) is 0 Å². The summed E-state index contributed by atoms with van der Waals surface area (Å²) in [6.45, 7) is 0.687. The summed E-state index contributed by atoms with van der Waals surface area (Å²) in [4.78, 5) is 11.1. The number of hydrogen-bond acceptors (Lipinski definition) is 3. The number of ether oxygens (including phenoxy) is 1. The van der Waals surface area contributed by atoms with Crippen molar-refractivity contribution in [2.24, 2.45) is 5.73 Å². The summed E-state index contributed by atoms with van der Waals surface area (Å²) in [5, 5.41) is 4.37. The van der Waals surface area contributed by atoms with E-state index in [-0.39, 0.29) is 0 Å². The molecule has 118 valence electrons. The molecule has 0 saturated carbocycles. The molecule has 1 aromatic heterocycles. The molecule has 0 aliphatic carbocycles. The average molecular weight is 317 g/mol. The molecule has 1 amide bonds. The smallest absolute Gasteiger partial charge is 0.248 e. The maximum absolute atomic E-state index is 11.1. The van der Waals surface area contributed by atoms with Crippen LogP contribution in [0.15, 0.2) is 41.1 Å². The highest BCUT2D eigenvalue weighted by molar-refractivity contribution is 7.07.